The van der Waals surface area contributed by atoms with Crippen molar-refractivity contribution in [3.8, 4) is 22.3 Å². The van der Waals surface area contributed by atoms with Crippen molar-refractivity contribution in [1.29, 1.82) is 0 Å². The lowest BCUT2D eigenvalue weighted by Gasteiger charge is -2.20. The zero-order chi connectivity index (χ0) is 24.4. The number of carboxylic acid groups (broad SMARTS) is 3. The lowest BCUT2D eigenvalue weighted by atomic mass is 9.84. The van der Waals surface area contributed by atoms with Crippen LogP contribution in [0.4, 0.5) is 0 Å². The molecule has 34 heavy (non-hydrogen) atoms. The predicted molar refractivity (Wildman–Crippen MR) is 129 cm³/mol. The van der Waals surface area contributed by atoms with Crippen molar-refractivity contribution in [2.45, 2.75) is 6.92 Å². The molecule has 0 amide bonds. The average molecular weight is 454 g/mol. The highest BCUT2D eigenvalue weighted by Crippen LogP contribution is 2.35. The van der Waals surface area contributed by atoms with Crippen molar-refractivity contribution in [3.63, 3.8) is 0 Å². The minimum absolute atomic E-state index is 0.186. The molecule has 0 spiro atoms. The third kappa shape index (κ3) is 4.66. The molecule has 0 saturated heterocycles. The zero-order valence-corrected chi connectivity index (χ0v) is 18.3. The second-order valence-electron chi connectivity index (χ2n) is 8.27. The van der Waals surface area contributed by atoms with Crippen molar-refractivity contribution >= 4 is 23.5 Å². The van der Waals surface area contributed by atoms with Crippen molar-refractivity contribution < 1.29 is 29.7 Å². The van der Waals surface area contributed by atoms with Crippen LogP contribution in [0.15, 0.2) is 85.0 Å². The number of aromatic carboxylic acids is 2. The first-order valence-electron chi connectivity index (χ1n) is 10.7. The monoisotopic (exact) mass is 454 g/mol. The van der Waals surface area contributed by atoms with Gasteiger partial charge < -0.3 is 15.3 Å². The summed E-state index contributed by atoms with van der Waals surface area (Å²) in [7, 11) is 0. The van der Waals surface area contributed by atoms with Gasteiger partial charge in [-0.25, -0.2) is 9.59 Å². The average Bonchev–Trinajstić information content (AvgIpc) is 2.83. The minimum Gasteiger partial charge on any atom is -0.481 e. The summed E-state index contributed by atoms with van der Waals surface area (Å²) >= 11 is 0. The van der Waals surface area contributed by atoms with E-state index in [0.29, 0.717) is 0 Å². The van der Waals surface area contributed by atoms with Crippen LogP contribution in [0.1, 0.15) is 33.2 Å². The van der Waals surface area contributed by atoms with Gasteiger partial charge in [-0.05, 0) is 81.8 Å². The van der Waals surface area contributed by atoms with E-state index in [4.69, 9.17) is 0 Å². The molecule has 3 aromatic carbocycles. The molecule has 3 N–H and O–H groups in total. The molecule has 0 heterocycles. The Balaban J connectivity index is 1.82. The van der Waals surface area contributed by atoms with Crippen LogP contribution in [-0.4, -0.2) is 33.2 Å². The van der Waals surface area contributed by atoms with Crippen molar-refractivity contribution in [2.75, 3.05) is 0 Å². The van der Waals surface area contributed by atoms with Crippen LogP contribution >= 0.6 is 0 Å². The molecule has 2 unspecified atom stereocenters. The van der Waals surface area contributed by atoms with Crippen molar-refractivity contribution in [3.05, 3.63) is 102 Å². The van der Waals surface area contributed by atoms with Gasteiger partial charge in [0.05, 0.1) is 17.0 Å². The van der Waals surface area contributed by atoms with Gasteiger partial charge in [-0.2, -0.15) is 0 Å². The summed E-state index contributed by atoms with van der Waals surface area (Å²) in [5.74, 6) is -3.64. The fourth-order valence-corrected chi connectivity index (χ4v) is 4.06. The fraction of sp³-hybridized carbons (Fsp3) is 0.107. The number of benzene rings is 3. The number of rotatable bonds is 6. The molecule has 0 radical (unpaired) electrons. The molecule has 0 saturated carbocycles. The molecule has 4 rings (SSSR count). The number of allylic oxidation sites excluding steroid dienone is 3. The SMILES string of the molecule is CC1C=C(c2cc(-c3ccc(C(=O)O)cc3)cc(-c3ccc(C(=O)O)cc3)c2)C=CC1C(=O)O. The van der Waals surface area contributed by atoms with E-state index in [1.165, 1.54) is 0 Å². The van der Waals surface area contributed by atoms with Gasteiger partial charge in [0.1, 0.15) is 0 Å². The number of hydrogen-bond acceptors (Lipinski definition) is 3. The van der Waals surface area contributed by atoms with Gasteiger partial charge in [0.2, 0.25) is 0 Å². The second-order valence-corrected chi connectivity index (χ2v) is 8.27. The van der Waals surface area contributed by atoms with Crippen LogP contribution in [0, 0.1) is 11.8 Å². The highest BCUT2D eigenvalue weighted by atomic mass is 16.4. The Bertz CT molecular complexity index is 1250. The van der Waals surface area contributed by atoms with E-state index < -0.39 is 23.8 Å². The van der Waals surface area contributed by atoms with Gasteiger partial charge >= 0.3 is 17.9 Å². The van der Waals surface area contributed by atoms with Crippen LogP contribution < -0.4 is 0 Å². The van der Waals surface area contributed by atoms with Gasteiger partial charge in [-0.1, -0.05) is 49.4 Å². The molecule has 3 aromatic rings. The van der Waals surface area contributed by atoms with Crippen LogP contribution in [0.25, 0.3) is 27.8 Å². The Morgan fingerprint density at radius 3 is 1.47 bits per heavy atom. The Kier molecular flexibility index (Phi) is 6.15. The van der Waals surface area contributed by atoms with E-state index in [1.807, 2.05) is 37.3 Å². The van der Waals surface area contributed by atoms with Gasteiger partial charge in [-0.15, -0.1) is 0 Å². The van der Waals surface area contributed by atoms with E-state index in [-0.39, 0.29) is 17.0 Å². The molecular weight excluding hydrogens is 432 g/mol. The first-order chi connectivity index (χ1) is 16.2. The van der Waals surface area contributed by atoms with E-state index >= 15 is 0 Å². The van der Waals surface area contributed by atoms with Gasteiger partial charge in [-0.3, -0.25) is 4.79 Å². The largest absolute Gasteiger partial charge is 0.481 e. The summed E-state index contributed by atoms with van der Waals surface area (Å²) < 4.78 is 0. The van der Waals surface area contributed by atoms with Crippen LogP contribution in [0.2, 0.25) is 0 Å². The van der Waals surface area contributed by atoms with E-state index in [9.17, 15) is 29.7 Å². The molecule has 0 fully saturated rings. The third-order valence-corrected chi connectivity index (χ3v) is 5.97. The molecule has 1 aliphatic carbocycles. The zero-order valence-electron chi connectivity index (χ0n) is 18.3. The molecular formula is C28H22O6. The van der Waals surface area contributed by atoms with Gasteiger partial charge in [0.25, 0.3) is 0 Å². The quantitative estimate of drug-likeness (QED) is 0.440. The van der Waals surface area contributed by atoms with Gasteiger partial charge in [0.15, 0.2) is 0 Å². The Morgan fingerprint density at radius 2 is 1.09 bits per heavy atom. The van der Waals surface area contributed by atoms with Crippen LogP contribution in [-0.2, 0) is 4.79 Å². The highest BCUT2D eigenvalue weighted by molar-refractivity contribution is 5.90. The lowest BCUT2D eigenvalue weighted by molar-refractivity contribution is -0.141. The van der Waals surface area contributed by atoms with Gasteiger partial charge in [0, 0.05) is 0 Å². The van der Waals surface area contributed by atoms with E-state index in [2.05, 4.69) is 0 Å². The smallest absolute Gasteiger partial charge is 0.335 e. The number of aliphatic carboxylic acids is 1. The predicted octanol–water partition coefficient (Wildman–Crippen LogP) is 5.71. The summed E-state index contributed by atoms with van der Waals surface area (Å²) in [6.07, 6.45) is 5.43. The topological polar surface area (TPSA) is 112 Å². The van der Waals surface area contributed by atoms with Crippen molar-refractivity contribution in [2.24, 2.45) is 11.8 Å². The number of hydrogen-bond donors (Lipinski definition) is 3. The molecule has 170 valence electrons. The van der Waals surface area contributed by atoms with E-state index in [1.54, 1.807) is 54.6 Å². The Hall–Kier alpha value is -4.45. The first-order valence-corrected chi connectivity index (χ1v) is 10.7. The molecule has 6 heteroatoms. The summed E-state index contributed by atoms with van der Waals surface area (Å²) in [4.78, 5) is 33.9. The van der Waals surface area contributed by atoms with Crippen LogP contribution in [0.5, 0.6) is 0 Å². The summed E-state index contributed by atoms with van der Waals surface area (Å²) in [5.41, 5.74) is 5.51. The fourth-order valence-electron chi connectivity index (χ4n) is 4.06. The molecule has 0 aromatic heterocycles. The number of carboxylic acids is 3. The maximum absolute atomic E-state index is 11.5. The second kappa shape index (κ2) is 9.19. The first kappa shape index (κ1) is 22.7. The summed E-state index contributed by atoms with van der Waals surface area (Å²) in [5, 5.41) is 27.8. The Morgan fingerprint density at radius 1 is 0.647 bits per heavy atom. The standard InChI is InChI=1S/C28H22O6/c1-16-12-21(10-11-25(16)28(33)34)24-14-22(17-2-6-19(7-3-17)26(29)30)13-23(15-24)18-4-8-20(9-5-18)27(31)32/h2-16,25H,1H3,(H,29,30)(H,31,32)(H,33,34). The highest BCUT2D eigenvalue weighted by Gasteiger charge is 2.24. The van der Waals surface area contributed by atoms with Crippen molar-refractivity contribution in [1.82, 2.24) is 0 Å². The summed E-state index contributed by atoms with van der Waals surface area (Å²) in [6.45, 7) is 1.86. The number of carbonyl (C=O) groups is 3. The molecule has 6 nitrogen and oxygen atoms in total. The van der Waals surface area contributed by atoms with E-state index in [0.717, 1.165) is 33.4 Å². The Labute approximate surface area is 196 Å². The van der Waals surface area contributed by atoms with Crippen LogP contribution in [0.3, 0.4) is 0 Å². The maximum Gasteiger partial charge on any atom is 0.335 e. The minimum atomic E-state index is -1.00. The molecule has 2 atom stereocenters. The summed E-state index contributed by atoms with van der Waals surface area (Å²) in [6, 6.07) is 19.1. The molecule has 0 bridgehead atoms. The molecule has 0 aliphatic heterocycles. The normalized spacial score (nSPS) is 17.1. The lowest BCUT2D eigenvalue weighted by Crippen LogP contribution is -2.20. The third-order valence-electron chi connectivity index (χ3n) is 5.97. The molecule has 1 aliphatic rings. The maximum atomic E-state index is 11.5.